The highest BCUT2D eigenvalue weighted by Gasteiger charge is 2.20. The summed E-state index contributed by atoms with van der Waals surface area (Å²) >= 11 is 11.6. The molecule has 21 heavy (non-hydrogen) atoms. The molecule has 1 aromatic carbocycles. The van der Waals surface area contributed by atoms with E-state index in [1.807, 2.05) is 0 Å². The third-order valence-corrected chi connectivity index (χ3v) is 4.79. The molecule has 0 spiro atoms. The van der Waals surface area contributed by atoms with Crippen LogP contribution in [0.25, 0.3) is 0 Å². The molecule has 0 aliphatic rings. The zero-order chi connectivity index (χ0) is 15.6. The molecule has 0 radical (unpaired) electrons. The SMILES string of the molecule is O=C(O)c1cc(NS(=O)(=O)c2cccc(Cl)c2Cl)ccn1. The van der Waals surface area contributed by atoms with Crippen molar-refractivity contribution in [3.63, 3.8) is 0 Å². The van der Waals surface area contributed by atoms with Gasteiger partial charge in [-0.3, -0.25) is 4.72 Å². The number of hydrogen-bond acceptors (Lipinski definition) is 4. The van der Waals surface area contributed by atoms with E-state index in [-0.39, 0.29) is 26.3 Å². The van der Waals surface area contributed by atoms with Crippen LogP contribution in [0.1, 0.15) is 10.5 Å². The number of aromatic carboxylic acids is 1. The number of benzene rings is 1. The molecule has 0 bridgehead atoms. The standard InChI is InChI=1S/C12H8Cl2N2O4S/c13-8-2-1-3-10(11(8)14)21(19,20)16-7-4-5-15-9(6-7)12(17)18/h1-6H,(H,15,16)(H,17,18). The lowest BCUT2D eigenvalue weighted by atomic mass is 10.3. The van der Waals surface area contributed by atoms with Crippen LogP contribution in [0.2, 0.25) is 10.0 Å². The number of carboxylic acid groups (broad SMARTS) is 1. The number of rotatable bonds is 4. The second kappa shape index (κ2) is 5.88. The molecule has 0 aliphatic carbocycles. The summed E-state index contributed by atoms with van der Waals surface area (Å²) in [5, 5.41) is 8.81. The van der Waals surface area contributed by atoms with Crippen molar-refractivity contribution in [1.29, 1.82) is 0 Å². The van der Waals surface area contributed by atoms with Crippen molar-refractivity contribution in [3.8, 4) is 0 Å². The molecule has 6 nitrogen and oxygen atoms in total. The number of pyridine rings is 1. The first-order chi connectivity index (χ1) is 9.81. The monoisotopic (exact) mass is 346 g/mol. The van der Waals surface area contributed by atoms with Crippen LogP contribution in [-0.4, -0.2) is 24.5 Å². The quantitative estimate of drug-likeness (QED) is 0.887. The maximum Gasteiger partial charge on any atom is 0.354 e. The normalized spacial score (nSPS) is 11.1. The summed E-state index contributed by atoms with van der Waals surface area (Å²) in [6.45, 7) is 0. The van der Waals surface area contributed by atoms with Crippen molar-refractivity contribution in [2.75, 3.05) is 4.72 Å². The Morgan fingerprint density at radius 2 is 1.95 bits per heavy atom. The van der Waals surface area contributed by atoms with Gasteiger partial charge in [0, 0.05) is 6.20 Å². The maximum absolute atomic E-state index is 12.2. The number of halogens is 2. The van der Waals surface area contributed by atoms with Gasteiger partial charge in [-0.15, -0.1) is 0 Å². The second-order valence-corrected chi connectivity index (χ2v) is 6.33. The topological polar surface area (TPSA) is 96.4 Å². The predicted molar refractivity (Wildman–Crippen MR) is 78.5 cm³/mol. The zero-order valence-corrected chi connectivity index (χ0v) is 12.6. The number of carbonyl (C=O) groups is 1. The first kappa shape index (κ1) is 15.6. The third kappa shape index (κ3) is 3.44. The van der Waals surface area contributed by atoms with Gasteiger partial charge in [-0.1, -0.05) is 29.3 Å². The van der Waals surface area contributed by atoms with Gasteiger partial charge in [0.1, 0.15) is 10.6 Å². The highest BCUT2D eigenvalue weighted by Crippen LogP contribution is 2.30. The lowest BCUT2D eigenvalue weighted by molar-refractivity contribution is 0.0690. The van der Waals surface area contributed by atoms with E-state index in [9.17, 15) is 13.2 Å². The number of aromatic nitrogens is 1. The van der Waals surface area contributed by atoms with Crippen LogP contribution >= 0.6 is 23.2 Å². The minimum absolute atomic E-state index is 0.0541. The van der Waals surface area contributed by atoms with Crippen LogP contribution in [0.4, 0.5) is 5.69 Å². The van der Waals surface area contributed by atoms with Crippen molar-refractivity contribution in [2.45, 2.75) is 4.90 Å². The summed E-state index contributed by atoms with van der Waals surface area (Å²) in [5.74, 6) is -1.27. The molecule has 1 aromatic heterocycles. The van der Waals surface area contributed by atoms with Crippen molar-refractivity contribution < 1.29 is 18.3 Å². The molecule has 2 aromatic rings. The zero-order valence-electron chi connectivity index (χ0n) is 10.2. The average Bonchev–Trinajstić information content (AvgIpc) is 2.41. The van der Waals surface area contributed by atoms with Gasteiger partial charge in [-0.2, -0.15) is 0 Å². The molecule has 0 atom stereocenters. The van der Waals surface area contributed by atoms with Crippen molar-refractivity contribution >= 4 is 44.9 Å². The van der Waals surface area contributed by atoms with Gasteiger partial charge in [0.15, 0.2) is 0 Å². The van der Waals surface area contributed by atoms with Gasteiger partial charge in [0.05, 0.1) is 15.7 Å². The summed E-state index contributed by atoms with van der Waals surface area (Å²) in [4.78, 5) is 14.2. The van der Waals surface area contributed by atoms with Crippen LogP contribution in [-0.2, 0) is 10.0 Å². The fourth-order valence-corrected chi connectivity index (χ4v) is 3.32. The Bertz CT molecular complexity index is 809. The summed E-state index contributed by atoms with van der Waals surface area (Å²) in [5.41, 5.74) is -0.231. The van der Waals surface area contributed by atoms with E-state index in [1.54, 1.807) is 0 Å². The highest BCUT2D eigenvalue weighted by molar-refractivity contribution is 7.92. The van der Waals surface area contributed by atoms with Gasteiger partial charge in [-0.25, -0.2) is 18.2 Å². The molecule has 110 valence electrons. The summed E-state index contributed by atoms with van der Waals surface area (Å²) in [6, 6.07) is 6.60. The number of hydrogen-bond donors (Lipinski definition) is 2. The summed E-state index contributed by atoms with van der Waals surface area (Å²) < 4.78 is 26.7. The summed E-state index contributed by atoms with van der Waals surface area (Å²) in [7, 11) is -4.00. The lowest BCUT2D eigenvalue weighted by Gasteiger charge is -2.10. The van der Waals surface area contributed by atoms with Crippen molar-refractivity contribution in [3.05, 3.63) is 52.3 Å². The smallest absolute Gasteiger partial charge is 0.354 e. The molecule has 0 aliphatic heterocycles. The minimum Gasteiger partial charge on any atom is -0.477 e. The van der Waals surface area contributed by atoms with Crippen LogP contribution in [0.5, 0.6) is 0 Å². The minimum atomic E-state index is -4.00. The molecule has 2 rings (SSSR count). The van der Waals surface area contributed by atoms with E-state index in [1.165, 1.54) is 30.5 Å². The molecular formula is C12H8Cl2N2O4S. The number of nitrogens with one attached hydrogen (secondary N) is 1. The van der Waals surface area contributed by atoms with E-state index in [2.05, 4.69) is 9.71 Å². The van der Waals surface area contributed by atoms with E-state index in [0.717, 1.165) is 6.07 Å². The molecule has 0 unspecified atom stereocenters. The fourth-order valence-electron chi connectivity index (χ4n) is 1.51. The maximum atomic E-state index is 12.2. The molecule has 9 heteroatoms. The van der Waals surface area contributed by atoms with Crippen molar-refractivity contribution in [2.24, 2.45) is 0 Å². The molecule has 2 N–H and O–H groups in total. The number of anilines is 1. The molecule has 0 saturated carbocycles. The fraction of sp³-hybridized carbons (Fsp3) is 0. The molecule has 0 saturated heterocycles. The van der Waals surface area contributed by atoms with Crippen molar-refractivity contribution in [1.82, 2.24) is 4.98 Å². The Balaban J connectivity index is 2.40. The Morgan fingerprint density at radius 1 is 1.24 bits per heavy atom. The predicted octanol–water partition coefficient (Wildman–Crippen LogP) is 2.89. The van der Waals surface area contributed by atoms with E-state index >= 15 is 0 Å². The van der Waals surface area contributed by atoms with E-state index in [0.29, 0.717) is 0 Å². The highest BCUT2D eigenvalue weighted by atomic mass is 35.5. The average molecular weight is 347 g/mol. The number of nitrogens with zero attached hydrogens (tertiary/aromatic N) is 1. The molecule has 0 fully saturated rings. The first-order valence-electron chi connectivity index (χ1n) is 5.47. The Morgan fingerprint density at radius 3 is 2.62 bits per heavy atom. The van der Waals surface area contributed by atoms with Crippen LogP contribution < -0.4 is 4.72 Å². The Hall–Kier alpha value is -1.83. The second-order valence-electron chi connectivity index (χ2n) is 3.89. The van der Waals surface area contributed by atoms with Gasteiger partial charge >= 0.3 is 5.97 Å². The Kier molecular flexibility index (Phi) is 4.36. The molecule has 1 heterocycles. The van der Waals surface area contributed by atoms with Crippen LogP contribution in [0.15, 0.2) is 41.4 Å². The van der Waals surface area contributed by atoms with E-state index in [4.69, 9.17) is 28.3 Å². The first-order valence-corrected chi connectivity index (χ1v) is 7.71. The van der Waals surface area contributed by atoms with Gasteiger partial charge in [0.2, 0.25) is 0 Å². The van der Waals surface area contributed by atoms with Gasteiger partial charge in [0.25, 0.3) is 10.0 Å². The largest absolute Gasteiger partial charge is 0.477 e. The number of sulfonamides is 1. The molecular weight excluding hydrogens is 339 g/mol. The number of carboxylic acids is 1. The van der Waals surface area contributed by atoms with Crippen LogP contribution in [0, 0.1) is 0 Å². The van der Waals surface area contributed by atoms with Crippen LogP contribution in [0.3, 0.4) is 0 Å². The van der Waals surface area contributed by atoms with E-state index < -0.39 is 16.0 Å². The summed E-state index contributed by atoms with van der Waals surface area (Å²) in [6.07, 6.45) is 1.18. The van der Waals surface area contributed by atoms with Gasteiger partial charge < -0.3 is 5.11 Å². The molecule has 0 amide bonds. The van der Waals surface area contributed by atoms with Gasteiger partial charge in [-0.05, 0) is 24.3 Å². The lowest BCUT2D eigenvalue weighted by Crippen LogP contribution is -2.14. The third-order valence-electron chi connectivity index (χ3n) is 2.44. The Labute approximate surface area is 130 Å².